The molecule has 2 heterocycles. The second kappa shape index (κ2) is 4.26. The topological polar surface area (TPSA) is 62.5 Å². The van der Waals surface area contributed by atoms with Crippen molar-refractivity contribution >= 4 is 21.6 Å². The van der Waals surface area contributed by atoms with Gasteiger partial charge in [-0.3, -0.25) is 4.40 Å². The first-order valence-electron chi connectivity index (χ1n) is 4.53. The third-order valence-electron chi connectivity index (χ3n) is 2.13. The number of nitrogens with one attached hydrogen (secondary N) is 1. The first-order chi connectivity index (χ1) is 7.22. The lowest BCUT2D eigenvalue weighted by Gasteiger charge is -2.09. The SMILES string of the molecule is CNCC(O)c1cnc2cnc(Br)cn12. The number of nitrogens with zero attached hydrogens (tertiary/aromatic N) is 3. The number of aliphatic hydroxyl groups is 1. The van der Waals surface area contributed by atoms with E-state index >= 15 is 0 Å². The monoisotopic (exact) mass is 270 g/mol. The summed E-state index contributed by atoms with van der Waals surface area (Å²) < 4.78 is 2.53. The van der Waals surface area contributed by atoms with E-state index in [4.69, 9.17) is 0 Å². The molecule has 0 aliphatic carbocycles. The number of fused-ring (bicyclic) bond motifs is 1. The Hall–Kier alpha value is -0.980. The van der Waals surface area contributed by atoms with Gasteiger partial charge in [-0.15, -0.1) is 0 Å². The Balaban J connectivity index is 2.47. The number of imidazole rings is 1. The molecule has 0 spiro atoms. The lowest BCUT2D eigenvalue weighted by molar-refractivity contribution is 0.172. The van der Waals surface area contributed by atoms with Crippen molar-refractivity contribution < 1.29 is 5.11 Å². The highest BCUT2D eigenvalue weighted by atomic mass is 79.9. The van der Waals surface area contributed by atoms with Crippen molar-refractivity contribution in [3.63, 3.8) is 0 Å². The van der Waals surface area contributed by atoms with E-state index in [1.54, 1.807) is 25.6 Å². The number of hydrogen-bond acceptors (Lipinski definition) is 4. The van der Waals surface area contributed by atoms with Gasteiger partial charge in [0.15, 0.2) is 5.65 Å². The lowest BCUT2D eigenvalue weighted by atomic mass is 10.3. The van der Waals surface area contributed by atoms with Crippen LogP contribution in [-0.4, -0.2) is 33.1 Å². The van der Waals surface area contributed by atoms with Crippen molar-refractivity contribution in [1.29, 1.82) is 0 Å². The van der Waals surface area contributed by atoms with Crippen molar-refractivity contribution in [2.45, 2.75) is 6.10 Å². The fourth-order valence-corrected chi connectivity index (χ4v) is 1.74. The molecule has 0 aliphatic rings. The average molecular weight is 271 g/mol. The third kappa shape index (κ3) is 2.01. The largest absolute Gasteiger partial charge is 0.385 e. The van der Waals surface area contributed by atoms with E-state index in [0.717, 1.165) is 11.3 Å². The van der Waals surface area contributed by atoms with E-state index in [2.05, 4.69) is 31.2 Å². The van der Waals surface area contributed by atoms with E-state index in [1.165, 1.54) is 0 Å². The van der Waals surface area contributed by atoms with E-state index in [-0.39, 0.29) is 0 Å². The van der Waals surface area contributed by atoms with Gasteiger partial charge in [-0.05, 0) is 23.0 Å². The predicted octanol–water partition coefficient (Wildman–Crippen LogP) is 0.745. The maximum atomic E-state index is 9.84. The van der Waals surface area contributed by atoms with Crippen LogP contribution in [0.2, 0.25) is 0 Å². The van der Waals surface area contributed by atoms with Crippen molar-refractivity contribution in [2.24, 2.45) is 0 Å². The summed E-state index contributed by atoms with van der Waals surface area (Å²) in [6, 6.07) is 0. The van der Waals surface area contributed by atoms with Crippen LogP contribution in [0.5, 0.6) is 0 Å². The van der Waals surface area contributed by atoms with E-state index in [1.807, 2.05) is 4.40 Å². The molecule has 2 aromatic heterocycles. The van der Waals surface area contributed by atoms with Crippen LogP contribution in [0.3, 0.4) is 0 Å². The molecule has 5 nitrogen and oxygen atoms in total. The van der Waals surface area contributed by atoms with Gasteiger partial charge in [-0.2, -0.15) is 0 Å². The number of likely N-dealkylation sites (N-methyl/N-ethyl adjacent to an activating group) is 1. The molecule has 0 saturated heterocycles. The van der Waals surface area contributed by atoms with Crippen LogP contribution in [-0.2, 0) is 0 Å². The third-order valence-corrected chi connectivity index (χ3v) is 2.54. The second-order valence-corrected chi connectivity index (χ2v) is 4.01. The minimum atomic E-state index is -0.570. The molecule has 2 N–H and O–H groups in total. The molecule has 0 bridgehead atoms. The summed E-state index contributed by atoms with van der Waals surface area (Å²) in [6.07, 6.45) is 4.53. The van der Waals surface area contributed by atoms with Gasteiger partial charge in [-0.1, -0.05) is 0 Å². The maximum Gasteiger partial charge on any atom is 0.155 e. The normalized spacial score (nSPS) is 13.3. The molecule has 80 valence electrons. The van der Waals surface area contributed by atoms with Crippen LogP contribution < -0.4 is 5.32 Å². The van der Waals surface area contributed by atoms with Gasteiger partial charge in [0.05, 0.1) is 18.1 Å². The molecule has 1 atom stereocenters. The van der Waals surface area contributed by atoms with Gasteiger partial charge in [0.2, 0.25) is 0 Å². The van der Waals surface area contributed by atoms with E-state index in [0.29, 0.717) is 11.1 Å². The van der Waals surface area contributed by atoms with Gasteiger partial charge in [0.1, 0.15) is 10.7 Å². The first kappa shape index (κ1) is 10.5. The smallest absolute Gasteiger partial charge is 0.155 e. The highest BCUT2D eigenvalue weighted by Crippen LogP contribution is 2.16. The van der Waals surface area contributed by atoms with Crippen LogP contribution in [0.4, 0.5) is 0 Å². The molecule has 15 heavy (non-hydrogen) atoms. The van der Waals surface area contributed by atoms with E-state index < -0.39 is 6.10 Å². The summed E-state index contributed by atoms with van der Waals surface area (Å²) in [5, 5.41) is 12.8. The number of aliphatic hydroxyl groups excluding tert-OH is 1. The second-order valence-electron chi connectivity index (χ2n) is 3.19. The molecule has 2 aromatic rings. The zero-order valence-electron chi connectivity index (χ0n) is 8.18. The fraction of sp³-hybridized carbons (Fsp3) is 0.333. The lowest BCUT2D eigenvalue weighted by Crippen LogP contribution is -2.17. The zero-order valence-corrected chi connectivity index (χ0v) is 9.77. The van der Waals surface area contributed by atoms with Gasteiger partial charge >= 0.3 is 0 Å². The molecule has 0 fully saturated rings. The molecule has 2 rings (SSSR count). The fourth-order valence-electron chi connectivity index (χ4n) is 1.43. The highest BCUT2D eigenvalue weighted by molar-refractivity contribution is 9.10. The Morgan fingerprint density at radius 1 is 1.53 bits per heavy atom. The van der Waals surface area contributed by atoms with Crippen LogP contribution in [0.25, 0.3) is 5.65 Å². The first-order valence-corrected chi connectivity index (χ1v) is 5.33. The Labute approximate surface area is 95.3 Å². The minimum absolute atomic E-state index is 0.494. The molecule has 0 radical (unpaired) electrons. The summed E-state index contributed by atoms with van der Waals surface area (Å²) in [7, 11) is 1.80. The number of halogens is 1. The molecule has 0 amide bonds. The average Bonchev–Trinajstić information content (AvgIpc) is 2.60. The molecular weight excluding hydrogens is 260 g/mol. The zero-order chi connectivity index (χ0) is 10.8. The summed E-state index contributed by atoms with van der Waals surface area (Å²) >= 11 is 3.28. The van der Waals surface area contributed by atoms with Crippen molar-refractivity contribution in [2.75, 3.05) is 13.6 Å². The summed E-state index contributed by atoms with van der Waals surface area (Å²) in [6.45, 7) is 0.494. The van der Waals surface area contributed by atoms with Crippen LogP contribution in [0.1, 0.15) is 11.8 Å². The molecule has 0 aromatic carbocycles. The van der Waals surface area contributed by atoms with Gasteiger partial charge in [0.25, 0.3) is 0 Å². The van der Waals surface area contributed by atoms with Crippen molar-refractivity contribution in [3.05, 3.63) is 28.9 Å². The molecule has 6 heteroatoms. The Morgan fingerprint density at radius 2 is 2.33 bits per heavy atom. The van der Waals surface area contributed by atoms with Gasteiger partial charge in [-0.25, -0.2) is 9.97 Å². The minimum Gasteiger partial charge on any atom is -0.385 e. The van der Waals surface area contributed by atoms with Gasteiger partial charge in [0, 0.05) is 12.7 Å². The van der Waals surface area contributed by atoms with Crippen molar-refractivity contribution in [1.82, 2.24) is 19.7 Å². The van der Waals surface area contributed by atoms with Crippen LogP contribution in [0.15, 0.2) is 23.2 Å². The summed E-state index contributed by atoms with van der Waals surface area (Å²) in [4.78, 5) is 8.22. The Kier molecular flexibility index (Phi) is 2.99. The predicted molar refractivity (Wildman–Crippen MR) is 59.6 cm³/mol. The number of rotatable bonds is 3. The van der Waals surface area contributed by atoms with E-state index in [9.17, 15) is 5.11 Å². The molecule has 0 saturated carbocycles. The number of aromatic nitrogens is 3. The summed E-state index contributed by atoms with van der Waals surface area (Å²) in [5.74, 6) is 0. The Bertz CT molecular complexity index is 470. The quantitative estimate of drug-likeness (QED) is 0.864. The molecular formula is C9H11BrN4O. The highest BCUT2D eigenvalue weighted by Gasteiger charge is 2.12. The van der Waals surface area contributed by atoms with Crippen LogP contribution in [0, 0.1) is 0 Å². The van der Waals surface area contributed by atoms with Gasteiger partial charge < -0.3 is 10.4 Å². The van der Waals surface area contributed by atoms with Crippen LogP contribution >= 0.6 is 15.9 Å². The molecule has 1 unspecified atom stereocenters. The van der Waals surface area contributed by atoms with Crippen molar-refractivity contribution in [3.8, 4) is 0 Å². The molecule has 0 aliphatic heterocycles. The number of hydrogen-bond donors (Lipinski definition) is 2. The standard InChI is InChI=1S/C9H11BrN4O/c1-11-3-7(15)6-2-13-9-4-12-8(10)5-14(6)9/h2,4-5,7,11,15H,3H2,1H3. The maximum absolute atomic E-state index is 9.84. The Morgan fingerprint density at radius 3 is 3.07 bits per heavy atom. The summed E-state index contributed by atoms with van der Waals surface area (Å²) in [5.41, 5.74) is 1.48.